The number of hydrogen-bond donors (Lipinski definition) is 5. The third-order valence-electron chi connectivity index (χ3n) is 3.66. The molecule has 1 aliphatic heterocycles. The molecule has 1 saturated heterocycles. The van der Waals surface area contributed by atoms with E-state index < -0.39 is 43.2 Å². The molecule has 11 heteroatoms. The molecular formula is C13H22N4O7. The number of aryl methyl sites for hydroxylation is 1. The lowest BCUT2D eigenvalue weighted by molar-refractivity contribution is -0.301. The molecule has 136 valence electrons. The van der Waals surface area contributed by atoms with E-state index in [2.05, 4.69) is 10.3 Å². The van der Waals surface area contributed by atoms with E-state index in [1.807, 2.05) is 0 Å². The molecular weight excluding hydrogens is 324 g/mol. The van der Waals surface area contributed by atoms with E-state index in [9.17, 15) is 20.1 Å². The molecule has 0 saturated carbocycles. The third kappa shape index (κ3) is 4.69. The normalized spacial score (nSPS) is 30.4. The summed E-state index contributed by atoms with van der Waals surface area (Å²) >= 11 is 0. The molecule has 2 heterocycles. The Kier molecular flexibility index (Phi) is 6.60. The van der Waals surface area contributed by atoms with Gasteiger partial charge >= 0.3 is 0 Å². The molecule has 24 heavy (non-hydrogen) atoms. The zero-order chi connectivity index (χ0) is 17.7. The minimum Gasteiger partial charge on any atom is -0.394 e. The number of aliphatic hydroxyl groups is 4. The second-order valence-electron chi connectivity index (χ2n) is 5.51. The molecule has 1 fully saturated rings. The van der Waals surface area contributed by atoms with Crippen molar-refractivity contribution in [3.63, 3.8) is 0 Å². The van der Waals surface area contributed by atoms with Gasteiger partial charge in [-0.15, -0.1) is 5.10 Å². The molecule has 1 aliphatic rings. The van der Waals surface area contributed by atoms with Crippen LogP contribution in [0.3, 0.4) is 0 Å². The topological polar surface area (TPSA) is 173 Å². The maximum absolute atomic E-state index is 10.7. The van der Waals surface area contributed by atoms with Crippen molar-refractivity contribution >= 4 is 5.91 Å². The van der Waals surface area contributed by atoms with Crippen molar-refractivity contribution in [3.05, 3.63) is 11.9 Å². The number of aliphatic hydroxyl groups excluding tert-OH is 4. The van der Waals surface area contributed by atoms with Crippen molar-refractivity contribution in [2.75, 3.05) is 13.2 Å². The lowest BCUT2D eigenvalue weighted by Gasteiger charge is -2.39. The molecule has 6 N–H and O–H groups in total. The minimum absolute atomic E-state index is 0.0846. The van der Waals surface area contributed by atoms with Crippen molar-refractivity contribution in [3.8, 4) is 0 Å². The molecule has 0 radical (unpaired) electrons. The minimum atomic E-state index is -1.48. The SMILES string of the molecule is NC(=O)CCc1cn(CCOC2OC(CO)C(O)C(O)C2O)nn1. The van der Waals surface area contributed by atoms with Gasteiger partial charge in [0.05, 0.1) is 25.5 Å². The highest BCUT2D eigenvalue weighted by Gasteiger charge is 2.43. The first-order chi connectivity index (χ1) is 11.4. The van der Waals surface area contributed by atoms with Crippen LogP contribution in [0.1, 0.15) is 12.1 Å². The van der Waals surface area contributed by atoms with Crippen LogP contribution in [0.15, 0.2) is 6.20 Å². The standard InChI is InChI=1S/C13H22N4O7/c14-9(19)2-1-7-5-17(16-15-7)3-4-23-13-12(22)11(21)10(20)8(6-18)24-13/h5,8,10-13,18,20-22H,1-4,6H2,(H2,14,19). The number of nitrogens with two attached hydrogens (primary N) is 1. The summed E-state index contributed by atoms with van der Waals surface area (Å²) in [6.07, 6.45) is -4.33. The van der Waals surface area contributed by atoms with Crippen LogP contribution in [0.4, 0.5) is 0 Å². The van der Waals surface area contributed by atoms with Crippen molar-refractivity contribution in [2.45, 2.75) is 50.1 Å². The zero-order valence-electron chi connectivity index (χ0n) is 12.9. The molecule has 5 atom stereocenters. The molecule has 2 rings (SSSR count). The monoisotopic (exact) mass is 346 g/mol. The van der Waals surface area contributed by atoms with Gasteiger partial charge in [0.15, 0.2) is 6.29 Å². The van der Waals surface area contributed by atoms with Gasteiger partial charge in [-0.1, -0.05) is 5.21 Å². The van der Waals surface area contributed by atoms with Crippen LogP contribution in [0.5, 0.6) is 0 Å². The van der Waals surface area contributed by atoms with Crippen LogP contribution in [0, 0.1) is 0 Å². The number of hydrogen-bond acceptors (Lipinski definition) is 9. The molecule has 1 aromatic rings. The summed E-state index contributed by atoms with van der Waals surface area (Å²) in [4.78, 5) is 10.7. The van der Waals surface area contributed by atoms with Crippen LogP contribution in [0.2, 0.25) is 0 Å². The predicted molar refractivity (Wildman–Crippen MR) is 77.3 cm³/mol. The summed E-state index contributed by atoms with van der Waals surface area (Å²) in [5.74, 6) is -0.421. The Hall–Kier alpha value is -1.63. The number of carbonyl (C=O) groups excluding carboxylic acids is 1. The summed E-state index contributed by atoms with van der Waals surface area (Å²) in [5.41, 5.74) is 5.67. The second-order valence-corrected chi connectivity index (χ2v) is 5.51. The van der Waals surface area contributed by atoms with Gasteiger partial charge in [-0.25, -0.2) is 4.68 Å². The Morgan fingerprint density at radius 3 is 2.75 bits per heavy atom. The fraction of sp³-hybridized carbons (Fsp3) is 0.769. The van der Waals surface area contributed by atoms with Crippen LogP contribution in [0.25, 0.3) is 0 Å². The molecule has 5 unspecified atom stereocenters. The zero-order valence-corrected chi connectivity index (χ0v) is 12.9. The maximum atomic E-state index is 10.7. The third-order valence-corrected chi connectivity index (χ3v) is 3.66. The van der Waals surface area contributed by atoms with Gasteiger partial charge in [0.25, 0.3) is 0 Å². The van der Waals surface area contributed by atoms with Gasteiger partial charge in [0, 0.05) is 19.0 Å². The Balaban J connectivity index is 1.80. The molecule has 0 spiro atoms. The number of primary amides is 1. The van der Waals surface area contributed by atoms with Crippen LogP contribution in [-0.4, -0.2) is 85.2 Å². The van der Waals surface area contributed by atoms with Crippen LogP contribution in [-0.2, 0) is 27.2 Å². The lowest BCUT2D eigenvalue weighted by atomic mass is 9.99. The molecule has 0 aromatic carbocycles. The van der Waals surface area contributed by atoms with Crippen molar-refractivity contribution in [1.29, 1.82) is 0 Å². The van der Waals surface area contributed by atoms with Gasteiger partial charge in [-0.2, -0.15) is 0 Å². The second kappa shape index (κ2) is 8.46. The first kappa shape index (κ1) is 18.7. The summed E-state index contributed by atoms with van der Waals surface area (Å²) in [6, 6.07) is 0. The first-order valence-electron chi connectivity index (χ1n) is 7.51. The highest BCUT2D eigenvalue weighted by atomic mass is 16.7. The number of rotatable bonds is 8. The average Bonchev–Trinajstić information content (AvgIpc) is 3.01. The van der Waals surface area contributed by atoms with Gasteiger partial charge in [-0.05, 0) is 0 Å². The maximum Gasteiger partial charge on any atom is 0.217 e. The number of aromatic nitrogens is 3. The van der Waals surface area contributed by atoms with Gasteiger partial charge in [0.1, 0.15) is 24.4 Å². The fourth-order valence-corrected chi connectivity index (χ4v) is 2.28. The van der Waals surface area contributed by atoms with E-state index in [0.29, 0.717) is 18.7 Å². The first-order valence-corrected chi connectivity index (χ1v) is 7.51. The number of nitrogens with zero attached hydrogens (tertiary/aromatic N) is 3. The van der Waals surface area contributed by atoms with Gasteiger partial charge in [0.2, 0.25) is 5.91 Å². The molecule has 0 bridgehead atoms. The lowest BCUT2D eigenvalue weighted by Crippen LogP contribution is -2.59. The van der Waals surface area contributed by atoms with E-state index >= 15 is 0 Å². The summed E-state index contributed by atoms with van der Waals surface area (Å²) in [5, 5.41) is 46.0. The van der Waals surface area contributed by atoms with Gasteiger partial charge < -0.3 is 35.6 Å². The van der Waals surface area contributed by atoms with Crippen molar-refractivity contribution in [1.82, 2.24) is 15.0 Å². The number of carbonyl (C=O) groups is 1. The van der Waals surface area contributed by atoms with Crippen LogP contribution < -0.4 is 5.73 Å². The quantitative estimate of drug-likeness (QED) is 0.320. The summed E-state index contributed by atoms with van der Waals surface area (Å²) in [6.45, 7) is -0.142. The summed E-state index contributed by atoms with van der Waals surface area (Å²) in [7, 11) is 0. The molecule has 1 amide bonds. The van der Waals surface area contributed by atoms with E-state index in [-0.39, 0.29) is 13.0 Å². The highest BCUT2D eigenvalue weighted by molar-refractivity contribution is 5.73. The van der Waals surface area contributed by atoms with E-state index in [4.69, 9.17) is 20.3 Å². The largest absolute Gasteiger partial charge is 0.394 e. The van der Waals surface area contributed by atoms with E-state index in [0.717, 1.165) is 0 Å². The van der Waals surface area contributed by atoms with Gasteiger partial charge in [-0.3, -0.25) is 4.79 Å². The van der Waals surface area contributed by atoms with Crippen molar-refractivity contribution in [2.24, 2.45) is 5.73 Å². The Morgan fingerprint density at radius 1 is 1.33 bits per heavy atom. The average molecular weight is 346 g/mol. The Labute approximate surface area is 137 Å². The molecule has 11 nitrogen and oxygen atoms in total. The smallest absolute Gasteiger partial charge is 0.217 e. The predicted octanol–water partition coefficient (Wildman–Crippen LogP) is -3.49. The molecule has 0 aliphatic carbocycles. The van der Waals surface area contributed by atoms with Crippen molar-refractivity contribution < 1.29 is 34.7 Å². The highest BCUT2D eigenvalue weighted by Crippen LogP contribution is 2.21. The fourth-order valence-electron chi connectivity index (χ4n) is 2.28. The Morgan fingerprint density at radius 2 is 2.08 bits per heavy atom. The van der Waals surface area contributed by atoms with Crippen LogP contribution >= 0.6 is 0 Å². The number of ether oxygens (including phenoxy) is 2. The summed E-state index contributed by atoms with van der Waals surface area (Å²) < 4.78 is 12.0. The van der Waals surface area contributed by atoms with E-state index in [1.165, 1.54) is 4.68 Å². The Bertz CT molecular complexity index is 538. The number of amides is 1. The van der Waals surface area contributed by atoms with E-state index in [1.54, 1.807) is 6.20 Å². The molecule has 1 aromatic heterocycles.